The highest BCUT2D eigenvalue weighted by Gasteiger charge is 2.32. The van der Waals surface area contributed by atoms with Gasteiger partial charge in [-0.3, -0.25) is 9.59 Å². The molecule has 8 heteroatoms. The minimum Gasteiger partial charge on any atom is -0.481 e. The number of hydrogen-bond donors (Lipinski definition) is 6. The van der Waals surface area contributed by atoms with Crippen molar-refractivity contribution in [3.8, 4) is 0 Å². The Labute approximate surface area is 235 Å². The Morgan fingerprint density at radius 2 is 1.00 bits per heavy atom. The van der Waals surface area contributed by atoms with E-state index < -0.39 is 47.2 Å². The van der Waals surface area contributed by atoms with Crippen molar-refractivity contribution in [3.05, 3.63) is 70.8 Å². The number of carboxylic acids is 2. The predicted octanol–water partition coefficient (Wildman–Crippen LogP) is 4.34. The zero-order valence-corrected chi connectivity index (χ0v) is 23.7. The van der Waals surface area contributed by atoms with Crippen LogP contribution >= 0.6 is 0 Å². The van der Waals surface area contributed by atoms with Gasteiger partial charge in [0.1, 0.15) is 12.2 Å². The minimum atomic E-state index is -1.03. The molecule has 8 nitrogen and oxygen atoms in total. The second-order valence-corrected chi connectivity index (χ2v) is 12.1. The van der Waals surface area contributed by atoms with Gasteiger partial charge in [0.2, 0.25) is 0 Å². The maximum absolute atomic E-state index is 11.5. The summed E-state index contributed by atoms with van der Waals surface area (Å²) in [6.45, 7) is 6.63. The van der Waals surface area contributed by atoms with Crippen molar-refractivity contribution < 1.29 is 40.2 Å². The molecule has 0 aliphatic heterocycles. The van der Waals surface area contributed by atoms with Crippen molar-refractivity contribution in [2.75, 3.05) is 0 Å². The van der Waals surface area contributed by atoms with Crippen molar-refractivity contribution in [2.45, 2.75) is 90.6 Å². The molecule has 4 unspecified atom stereocenters. The fraction of sp³-hybridized carbons (Fsp3) is 0.500. The lowest BCUT2D eigenvalue weighted by Crippen LogP contribution is -2.26. The number of hydrogen-bond acceptors (Lipinski definition) is 6. The third kappa shape index (κ3) is 7.37. The van der Waals surface area contributed by atoms with Crippen LogP contribution in [0.25, 0.3) is 11.1 Å². The summed E-state index contributed by atoms with van der Waals surface area (Å²) in [5.41, 5.74) is 1.56. The summed E-state index contributed by atoms with van der Waals surface area (Å²) in [5.74, 6) is -1.78. The van der Waals surface area contributed by atoms with Gasteiger partial charge in [-0.25, -0.2) is 0 Å². The second kappa shape index (κ2) is 12.6. The number of carboxylic acid groups (broad SMARTS) is 2. The summed E-state index contributed by atoms with van der Waals surface area (Å²) >= 11 is 0. The van der Waals surface area contributed by atoms with E-state index in [0.717, 1.165) is 0 Å². The first-order chi connectivity index (χ1) is 18.6. The zero-order valence-electron chi connectivity index (χ0n) is 23.7. The van der Waals surface area contributed by atoms with Crippen molar-refractivity contribution in [1.29, 1.82) is 0 Å². The Hall–Kier alpha value is -3.04. The van der Waals surface area contributed by atoms with Gasteiger partial charge in [-0.15, -0.1) is 0 Å². The molecule has 4 atom stereocenters. The molecule has 0 amide bonds. The van der Waals surface area contributed by atoms with Gasteiger partial charge in [0.05, 0.1) is 23.0 Å². The van der Waals surface area contributed by atoms with Crippen LogP contribution in [-0.4, -0.2) is 67.0 Å². The maximum Gasteiger partial charge on any atom is 0.309 e. The summed E-state index contributed by atoms with van der Waals surface area (Å²) < 4.78 is 0. The number of rotatable bonds is 12. The van der Waals surface area contributed by atoms with Crippen LogP contribution in [0.2, 0.25) is 0 Å². The van der Waals surface area contributed by atoms with E-state index in [1.54, 1.807) is 76.3 Å². The van der Waals surface area contributed by atoms with Gasteiger partial charge >= 0.3 is 11.9 Å². The fourth-order valence-electron chi connectivity index (χ4n) is 5.25. The van der Waals surface area contributed by atoms with E-state index in [4.69, 9.17) is 0 Å². The molecule has 0 fully saturated rings. The van der Waals surface area contributed by atoms with Crippen LogP contribution in [0.15, 0.2) is 59.7 Å². The Morgan fingerprint density at radius 1 is 0.650 bits per heavy atom. The molecule has 0 saturated heterocycles. The van der Waals surface area contributed by atoms with Crippen LogP contribution in [0.4, 0.5) is 0 Å². The van der Waals surface area contributed by atoms with Crippen LogP contribution < -0.4 is 0 Å². The molecule has 2 aliphatic carbocycles. The monoisotopic (exact) mass is 554 g/mol. The first-order valence-corrected chi connectivity index (χ1v) is 13.8. The van der Waals surface area contributed by atoms with E-state index in [1.807, 2.05) is 0 Å². The summed E-state index contributed by atoms with van der Waals surface area (Å²) in [6, 6.07) is 7.17. The zero-order chi connectivity index (χ0) is 29.8. The van der Waals surface area contributed by atoms with E-state index in [9.17, 15) is 40.2 Å². The van der Waals surface area contributed by atoms with Gasteiger partial charge in [-0.1, -0.05) is 36.4 Å². The molecule has 1 aromatic carbocycles. The summed E-state index contributed by atoms with van der Waals surface area (Å²) in [7, 11) is 0. The number of benzene rings is 1. The van der Waals surface area contributed by atoms with Crippen molar-refractivity contribution in [3.63, 3.8) is 0 Å². The molecule has 218 valence electrons. The summed E-state index contributed by atoms with van der Waals surface area (Å²) in [5, 5.41) is 62.6. The van der Waals surface area contributed by atoms with Gasteiger partial charge in [0, 0.05) is 0 Å². The lowest BCUT2D eigenvalue weighted by Gasteiger charge is -2.30. The Bertz CT molecular complexity index is 1140. The summed E-state index contributed by atoms with van der Waals surface area (Å²) in [4.78, 5) is 22.9. The van der Waals surface area contributed by atoms with Crippen molar-refractivity contribution in [1.82, 2.24) is 0 Å². The van der Waals surface area contributed by atoms with Crippen LogP contribution in [0.3, 0.4) is 0 Å². The highest BCUT2D eigenvalue weighted by atomic mass is 16.4. The normalized spacial score (nSPS) is 23.6. The number of aliphatic hydroxyl groups excluding tert-OH is 4. The van der Waals surface area contributed by atoms with Gasteiger partial charge < -0.3 is 30.6 Å². The predicted molar refractivity (Wildman–Crippen MR) is 153 cm³/mol. The first kappa shape index (κ1) is 31.5. The minimum absolute atomic E-state index is 0.411. The Kier molecular flexibility index (Phi) is 9.95. The molecular formula is C32H42O8. The van der Waals surface area contributed by atoms with Gasteiger partial charge in [-0.2, -0.15) is 0 Å². The molecule has 40 heavy (non-hydrogen) atoms. The summed E-state index contributed by atoms with van der Waals surface area (Å²) in [6.07, 6.45) is 5.03. The third-order valence-corrected chi connectivity index (χ3v) is 8.00. The Balaban J connectivity index is 1.82. The molecule has 6 N–H and O–H groups in total. The molecule has 0 bridgehead atoms. The SMILES string of the molecule is CC(C)(CCCC1=CC(O)C=C(c2ccccc2C2=CC(O)C=C(CCCC(C)(C)C(=O)O)C2O)C1O)C(=O)O. The lowest BCUT2D eigenvalue weighted by atomic mass is 9.79. The molecule has 0 heterocycles. The highest BCUT2D eigenvalue weighted by Crippen LogP contribution is 2.39. The first-order valence-electron chi connectivity index (χ1n) is 13.8. The highest BCUT2D eigenvalue weighted by molar-refractivity contribution is 5.86. The number of carbonyl (C=O) groups is 2. The van der Waals surface area contributed by atoms with E-state index in [1.165, 1.54) is 0 Å². The third-order valence-electron chi connectivity index (χ3n) is 8.00. The maximum atomic E-state index is 11.5. The number of aliphatic hydroxyl groups is 4. The van der Waals surface area contributed by atoms with Gasteiger partial charge in [-0.05, 0) is 112 Å². The average molecular weight is 555 g/mol. The Morgan fingerprint density at radius 3 is 1.32 bits per heavy atom. The average Bonchev–Trinajstić information content (AvgIpc) is 2.87. The smallest absolute Gasteiger partial charge is 0.309 e. The molecule has 0 saturated carbocycles. The molecule has 0 spiro atoms. The van der Waals surface area contributed by atoms with Crippen molar-refractivity contribution >= 4 is 23.1 Å². The van der Waals surface area contributed by atoms with Crippen LogP contribution in [-0.2, 0) is 9.59 Å². The molecule has 3 rings (SSSR count). The molecule has 1 aromatic rings. The van der Waals surface area contributed by atoms with Crippen LogP contribution in [0.1, 0.15) is 77.3 Å². The van der Waals surface area contributed by atoms with Crippen LogP contribution in [0, 0.1) is 10.8 Å². The van der Waals surface area contributed by atoms with E-state index >= 15 is 0 Å². The fourth-order valence-corrected chi connectivity index (χ4v) is 5.25. The van der Waals surface area contributed by atoms with E-state index in [2.05, 4.69) is 0 Å². The lowest BCUT2D eigenvalue weighted by molar-refractivity contribution is -0.148. The van der Waals surface area contributed by atoms with Gasteiger partial charge in [0.15, 0.2) is 0 Å². The second-order valence-electron chi connectivity index (χ2n) is 12.1. The number of aliphatic carboxylic acids is 2. The quantitative estimate of drug-likeness (QED) is 0.209. The molecule has 0 radical (unpaired) electrons. The standard InChI is InChI=1S/C32H42O8/c1-31(2,29(37)38)13-7-9-19-15-21(33)17-25(27(19)35)23-11-5-6-12-24(23)26-18-22(34)16-20(28(26)36)10-8-14-32(3,4)30(39)40/h5-6,11-12,15-18,21-22,27-28,33-36H,7-10,13-14H2,1-4H3,(H,37,38)(H,39,40). The topological polar surface area (TPSA) is 156 Å². The van der Waals surface area contributed by atoms with Gasteiger partial charge in [0.25, 0.3) is 0 Å². The molecule has 2 aliphatic rings. The van der Waals surface area contributed by atoms with Crippen molar-refractivity contribution in [2.24, 2.45) is 10.8 Å². The van der Waals surface area contributed by atoms with E-state index in [-0.39, 0.29) is 0 Å². The molecule has 0 aromatic heterocycles. The van der Waals surface area contributed by atoms with Crippen LogP contribution in [0.5, 0.6) is 0 Å². The largest absolute Gasteiger partial charge is 0.481 e. The molecular weight excluding hydrogens is 512 g/mol. The van der Waals surface area contributed by atoms with E-state index in [0.29, 0.717) is 71.9 Å².